The van der Waals surface area contributed by atoms with E-state index >= 15 is 0 Å². The monoisotopic (exact) mass is 295 g/mol. The predicted octanol–water partition coefficient (Wildman–Crippen LogP) is 1.92. The van der Waals surface area contributed by atoms with E-state index in [4.69, 9.17) is 0 Å². The molecular weight excluding hydrogens is 272 g/mol. The van der Waals surface area contributed by atoms with Gasteiger partial charge in [0.15, 0.2) is 0 Å². The van der Waals surface area contributed by atoms with Crippen molar-refractivity contribution < 1.29 is 8.78 Å². The average Bonchev–Trinajstić information content (AvgIpc) is 2.42. The van der Waals surface area contributed by atoms with Crippen LogP contribution in [-0.2, 0) is 0 Å². The molecule has 0 radical (unpaired) electrons. The Morgan fingerprint density at radius 2 is 1.81 bits per heavy atom. The minimum Gasteiger partial charge on any atom is -0.314 e. The Balaban J connectivity index is 1.62. The summed E-state index contributed by atoms with van der Waals surface area (Å²) in [7, 11) is 0. The molecule has 2 heterocycles. The van der Waals surface area contributed by atoms with E-state index in [2.05, 4.69) is 15.1 Å². The van der Waals surface area contributed by atoms with Gasteiger partial charge in [-0.1, -0.05) is 0 Å². The van der Waals surface area contributed by atoms with Gasteiger partial charge in [0.25, 0.3) is 0 Å². The Labute approximate surface area is 124 Å². The zero-order chi connectivity index (χ0) is 15.0. The van der Waals surface area contributed by atoms with Gasteiger partial charge in [0.2, 0.25) is 0 Å². The molecular formula is C16H23F2N3. The molecule has 0 bridgehead atoms. The first kappa shape index (κ1) is 14.9. The molecule has 1 aromatic carbocycles. The van der Waals surface area contributed by atoms with Gasteiger partial charge in [-0.2, -0.15) is 0 Å². The lowest BCUT2D eigenvalue weighted by molar-refractivity contribution is 0.00260. The Morgan fingerprint density at radius 3 is 2.48 bits per heavy atom. The lowest BCUT2D eigenvalue weighted by atomic mass is 9.97. The molecule has 0 aromatic heterocycles. The summed E-state index contributed by atoms with van der Waals surface area (Å²) in [6.45, 7) is 9.69. The summed E-state index contributed by atoms with van der Waals surface area (Å²) in [5, 5.41) is 3.35. The zero-order valence-corrected chi connectivity index (χ0v) is 12.7. The molecule has 2 saturated heterocycles. The summed E-state index contributed by atoms with van der Waals surface area (Å²) in [5.74, 6) is -0.621. The Morgan fingerprint density at radius 1 is 1.14 bits per heavy atom. The predicted molar refractivity (Wildman–Crippen MR) is 79.3 cm³/mol. The summed E-state index contributed by atoms with van der Waals surface area (Å²) in [6.07, 6.45) is 0. The second-order valence-electron chi connectivity index (χ2n) is 6.19. The van der Waals surface area contributed by atoms with Gasteiger partial charge in [-0.25, -0.2) is 8.78 Å². The van der Waals surface area contributed by atoms with Crippen LogP contribution < -0.4 is 5.32 Å². The van der Waals surface area contributed by atoms with E-state index in [0.717, 1.165) is 39.3 Å². The molecule has 0 aliphatic carbocycles. The van der Waals surface area contributed by atoms with E-state index in [-0.39, 0.29) is 17.7 Å². The second kappa shape index (κ2) is 5.99. The second-order valence-corrected chi connectivity index (χ2v) is 6.19. The summed E-state index contributed by atoms with van der Waals surface area (Å²) in [4.78, 5) is 4.71. The van der Waals surface area contributed by atoms with E-state index in [1.165, 1.54) is 12.1 Å². The molecule has 5 heteroatoms. The van der Waals surface area contributed by atoms with Crippen molar-refractivity contribution in [1.82, 2.24) is 15.1 Å². The maximum absolute atomic E-state index is 14.0. The largest absolute Gasteiger partial charge is 0.314 e. The van der Waals surface area contributed by atoms with Crippen LogP contribution in [0.1, 0.15) is 24.1 Å². The number of aryl methyl sites for hydroxylation is 1. The highest BCUT2D eigenvalue weighted by molar-refractivity contribution is 5.28. The van der Waals surface area contributed by atoms with Crippen LogP contribution in [0.5, 0.6) is 0 Å². The molecule has 2 fully saturated rings. The fraction of sp³-hybridized carbons (Fsp3) is 0.625. The van der Waals surface area contributed by atoms with Crippen molar-refractivity contribution in [2.45, 2.75) is 25.9 Å². The molecule has 1 atom stereocenters. The fourth-order valence-electron chi connectivity index (χ4n) is 3.26. The minimum atomic E-state index is -0.322. The average molecular weight is 295 g/mol. The van der Waals surface area contributed by atoms with Crippen LogP contribution in [-0.4, -0.2) is 55.1 Å². The maximum Gasteiger partial charge on any atom is 0.128 e. The molecule has 2 aliphatic rings. The first-order valence-electron chi connectivity index (χ1n) is 7.70. The number of likely N-dealkylation sites (tertiary alicyclic amines) is 1. The Bertz CT molecular complexity index is 508. The van der Waals surface area contributed by atoms with Crippen LogP contribution in [0.4, 0.5) is 8.78 Å². The molecule has 1 aromatic rings. The maximum atomic E-state index is 14.0. The number of halogens is 2. The number of benzene rings is 1. The van der Waals surface area contributed by atoms with Crippen LogP contribution in [0.2, 0.25) is 0 Å². The van der Waals surface area contributed by atoms with Gasteiger partial charge in [-0.05, 0) is 31.5 Å². The van der Waals surface area contributed by atoms with Gasteiger partial charge in [0.05, 0.1) is 0 Å². The van der Waals surface area contributed by atoms with Crippen molar-refractivity contribution in [3.63, 3.8) is 0 Å². The van der Waals surface area contributed by atoms with Gasteiger partial charge >= 0.3 is 0 Å². The Hall–Kier alpha value is -1.04. The third-order valence-corrected chi connectivity index (χ3v) is 4.83. The molecule has 3 rings (SSSR count). The number of hydrogen-bond acceptors (Lipinski definition) is 3. The quantitative estimate of drug-likeness (QED) is 0.919. The molecule has 21 heavy (non-hydrogen) atoms. The smallest absolute Gasteiger partial charge is 0.128 e. The third-order valence-electron chi connectivity index (χ3n) is 4.83. The molecule has 0 amide bonds. The van der Waals surface area contributed by atoms with Gasteiger partial charge in [0.1, 0.15) is 11.6 Å². The molecule has 2 aliphatic heterocycles. The van der Waals surface area contributed by atoms with E-state index in [1.807, 2.05) is 6.92 Å². The van der Waals surface area contributed by atoms with Crippen LogP contribution in [0, 0.1) is 18.6 Å². The van der Waals surface area contributed by atoms with Crippen molar-refractivity contribution in [3.05, 3.63) is 34.9 Å². The normalized spacial score (nSPS) is 23.0. The standard InChI is InChI=1S/C16H23F2N3/c1-11-7-16(18)14(8-15(11)17)12(2)21-9-13(10-21)20-5-3-19-4-6-20/h7-8,12-13,19H,3-6,9-10H2,1-2H3. The van der Waals surface area contributed by atoms with Crippen molar-refractivity contribution >= 4 is 0 Å². The minimum absolute atomic E-state index is 0.0701. The summed E-state index contributed by atoms with van der Waals surface area (Å²) < 4.78 is 27.7. The van der Waals surface area contributed by atoms with Crippen molar-refractivity contribution in [2.24, 2.45) is 0 Å². The molecule has 1 N–H and O–H groups in total. The third kappa shape index (κ3) is 2.96. The molecule has 0 spiro atoms. The molecule has 0 saturated carbocycles. The molecule has 1 unspecified atom stereocenters. The van der Waals surface area contributed by atoms with Crippen molar-refractivity contribution in [3.8, 4) is 0 Å². The van der Waals surface area contributed by atoms with Gasteiger partial charge in [-0.15, -0.1) is 0 Å². The van der Waals surface area contributed by atoms with Crippen molar-refractivity contribution in [2.75, 3.05) is 39.3 Å². The zero-order valence-electron chi connectivity index (χ0n) is 12.7. The van der Waals surface area contributed by atoms with E-state index in [9.17, 15) is 8.78 Å². The lowest BCUT2D eigenvalue weighted by Gasteiger charge is -2.49. The van der Waals surface area contributed by atoms with Crippen LogP contribution >= 0.6 is 0 Å². The number of piperazine rings is 1. The van der Waals surface area contributed by atoms with Crippen LogP contribution in [0.3, 0.4) is 0 Å². The van der Waals surface area contributed by atoms with Crippen molar-refractivity contribution in [1.29, 1.82) is 0 Å². The summed E-state index contributed by atoms with van der Waals surface area (Å²) in [6, 6.07) is 3.15. The highest BCUT2D eigenvalue weighted by atomic mass is 19.1. The summed E-state index contributed by atoms with van der Waals surface area (Å²) >= 11 is 0. The Kier molecular flexibility index (Phi) is 4.24. The first-order chi connectivity index (χ1) is 10.1. The number of hydrogen-bond donors (Lipinski definition) is 1. The summed E-state index contributed by atoms with van der Waals surface area (Å²) in [5.41, 5.74) is 0.836. The van der Waals surface area contributed by atoms with E-state index in [1.54, 1.807) is 6.92 Å². The van der Waals surface area contributed by atoms with Crippen LogP contribution in [0.15, 0.2) is 12.1 Å². The molecule has 3 nitrogen and oxygen atoms in total. The topological polar surface area (TPSA) is 18.5 Å². The molecule has 116 valence electrons. The van der Waals surface area contributed by atoms with E-state index in [0.29, 0.717) is 17.2 Å². The number of rotatable bonds is 3. The van der Waals surface area contributed by atoms with Gasteiger partial charge < -0.3 is 5.32 Å². The first-order valence-corrected chi connectivity index (χ1v) is 7.70. The van der Waals surface area contributed by atoms with Gasteiger partial charge in [-0.3, -0.25) is 9.80 Å². The number of nitrogens with one attached hydrogen (secondary N) is 1. The highest BCUT2D eigenvalue weighted by Crippen LogP contribution is 2.30. The van der Waals surface area contributed by atoms with E-state index < -0.39 is 0 Å². The lowest BCUT2D eigenvalue weighted by Crippen LogP contribution is -2.62. The fourth-order valence-corrected chi connectivity index (χ4v) is 3.26. The highest BCUT2D eigenvalue weighted by Gasteiger charge is 2.35. The number of nitrogens with zero attached hydrogens (tertiary/aromatic N) is 2. The van der Waals surface area contributed by atoms with Gasteiger partial charge in [0, 0.05) is 56.9 Å². The SMILES string of the molecule is Cc1cc(F)c(C(C)N2CC(N3CCNCC3)C2)cc1F. The van der Waals surface area contributed by atoms with Crippen LogP contribution in [0.25, 0.3) is 0 Å².